The van der Waals surface area contributed by atoms with Crippen LogP contribution in [0, 0.1) is 0 Å². The third-order valence-electron chi connectivity index (χ3n) is 1.34. The second-order valence-corrected chi connectivity index (χ2v) is 9.13. The summed E-state index contributed by atoms with van der Waals surface area (Å²) in [5.41, 5.74) is 0. The van der Waals surface area contributed by atoms with E-state index in [4.69, 9.17) is 0 Å². The Labute approximate surface area is 65.4 Å². The van der Waals surface area contributed by atoms with Crippen molar-refractivity contribution in [2.75, 3.05) is 0 Å². The number of hydrogen-bond donors (Lipinski definition) is 0. The molecule has 0 fully saturated rings. The Morgan fingerprint density at radius 3 is 2.22 bits per heavy atom. The van der Waals surface area contributed by atoms with Crippen molar-refractivity contribution in [3.8, 4) is 0 Å². The van der Waals surface area contributed by atoms with Gasteiger partial charge in [-0.3, -0.25) is 0 Å². The maximum absolute atomic E-state index is 3.80. The van der Waals surface area contributed by atoms with Gasteiger partial charge in [0.1, 0.15) is 0 Å². The molecule has 0 saturated heterocycles. The minimum atomic E-state index is -1.19. The molecule has 0 aliphatic carbocycles. The average Bonchev–Trinajstić information content (AvgIpc) is 1.91. The molecule has 0 unspecified atom stereocenters. The standard InChI is InChI=1S/C4H9.2C2H3.Sn/c1-3-4-2;2*1-2;/h1,3-4H2,2H3;2*1H,2H2;. The van der Waals surface area contributed by atoms with Crippen molar-refractivity contribution in [1.82, 2.24) is 0 Å². The van der Waals surface area contributed by atoms with Crippen LogP contribution in [0.25, 0.3) is 0 Å². The summed E-state index contributed by atoms with van der Waals surface area (Å²) in [6.07, 6.45) is 2.68. The van der Waals surface area contributed by atoms with Crippen LogP contribution in [0.5, 0.6) is 0 Å². The van der Waals surface area contributed by atoms with E-state index in [1.807, 2.05) is 0 Å². The predicted molar refractivity (Wildman–Crippen MR) is 45.9 cm³/mol. The molecule has 0 amide bonds. The van der Waals surface area contributed by atoms with Crippen LogP contribution in [0.3, 0.4) is 0 Å². The van der Waals surface area contributed by atoms with Crippen LogP contribution in [-0.2, 0) is 0 Å². The molecule has 51 valence electrons. The van der Waals surface area contributed by atoms with Gasteiger partial charge in [0.2, 0.25) is 0 Å². The van der Waals surface area contributed by atoms with Gasteiger partial charge < -0.3 is 0 Å². The molecular weight excluding hydrogens is 215 g/mol. The molecule has 0 nitrogen and oxygen atoms in total. The molecule has 9 heavy (non-hydrogen) atoms. The molecule has 0 aliphatic rings. The van der Waals surface area contributed by atoms with E-state index in [2.05, 4.69) is 28.3 Å². The first kappa shape index (κ1) is 9.28. The Hall–Kier alpha value is 0.279. The first-order valence-corrected chi connectivity index (χ1v) is 8.77. The topological polar surface area (TPSA) is 0 Å². The van der Waals surface area contributed by atoms with Gasteiger partial charge in [0.25, 0.3) is 0 Å². The van der Waals surface area contributed by atoms with Crippen LogP contribution < -0.4 is 0 Å². The van der Waals surface area contributed by atoms with Gasteiger partial charge in [-0.25, -0.2) is 0 Å². The Morgan fingerprint density at radius 2 is 1.89 bits per heavy atom. The fourth-order valence-corrected chi connectivity index (χ4v) is 4.48. The Morgan fingerprint density at radius 1 is 1.33 bits per heavy atom. The van der Waals surface area contributed by atoms with E-state index < -0.39 is 19.8 Å². The molecule has 1 radical (unpaired) electrons. The second kappa shape index (κ2) is 6.40. The zero-order valence-electron chi connectivity index (χ0n) is 6.19. The summed E-state index contributed by atoms with van der Waals surface area (Å²) >= 11 is -1.19. The van der Waals surface area contributed by atoms with Gasteiger partial charge in [-0.1, -0.05) is 0 Å². The average molecular weight is 230 g/mol. The van der Waals surface area contributed by atoms with Crippen molar-refractivity contribution >= 4 is 19.8 Å². The zero-order chi connectivity index (χ0) is 7.11. The van der Waals surface area contributed by atoms with Gasteiger partial charge >= 0.3 is 65.3 Å². The van der Waals surface area contributed by atoms with Crippen LogP contribution in [0.15, 0.2) is 21.3 Å². The summed E-state index contributed by atoms with van der Waals surface area (Å²) in [6, 6.07) is 0. The van der Waals surface area contributed by atoms with Crippen molar-refractivity contribution in [2.45, 2.75) is 24.2 Å². The van der Waals surface area contributed by atoms with E-state index in [0.29, 0.717) is 0 Å². The predicted octanol–water partition coefficient (Wildman–Crippen LogP) is 2.73. The summed E-state index contributed by atoms with van der Waals surface area (Å²) in [5.74, 6) is 0. The fraction of sp³-hybridized carbons (Fsp3) is 0.500. The molecule has 0 N–H and O–H groups in total. The fourth-order valence-electron chi connectivity index (χ4n) is 0.668. The first-order valence-electron chi connectivity index (χ1n) is 3.45. The molecule has 0 atom stereocenters. The summed E-state index contributed by atoms with van der Waals surface area (Å²) in [7, 11) is 0. The van der Waals surface area contributed by atoms with E-state index in [0.717, 1.165) is 0 Å². The monoisotopic (exact) mass is 231 g/mol. The number of unbranched alkanes of at least 4 members (excludes halogenated alkanes) is 1. The van der Waals surface area contributed by atoms with E-state index in [1.54, 1.807) is 0 Å². The number of rotatable bonds is 5. The van der Waals surface area contributed by atoms with E-state index in [-0.39, 0.29) is 0 Å². The van der Waals surface area contributed by atoms with Crippen molar-refractivity contribution in [1.29, 1.82) is 0 Å². The third kappa shape index (κ3) is 4.76. The quantitative estimate of drug-likeness (QED) is 0.637. The number of hydrogen-bond acceptors (Lipinski definition) is 0. The molecule has 0 heterocycles. The molecule has 0 bridgehead atoms. The van der Waals surface area contributed by atoms with Crippen LogP contribution in [0.2, 0.25) is 4.44 Å². The summed E-state index contributed by atoms with van der Waals surface area (Å²) in [4.78, 5) is 0. The molecular formula is C8H15Sn. The van der Waals surface area contributed by atoms with Gasteiger partial charge in [-0.2, -0.15) is 0 Å². The Bertz CT molecular complexity index is 78.6. The first-order chi connectivity index (χ1) is 4.35. The van der Waals surface area contributed by atoms with Crippen molar-refractivity contribution in [3.63, 3.8) is 0 Å². The molecule has 0 aromatic carbocycles. The van der Waals surface area contributed by atoms with E-state index in [9.17, 15) is 0 Å². The molecule has 1 heteroatoms. The summed E-state index contributed by atoms with van der Waals surface area (Å²) in [6.45, 7) is 9.83. The Kier molecular flexibility index (Phi) is 6.60. The van der Waals surface area contributed by atoms with E-state index in [1.165, 1.54) is 17.3 Å². The SMILES string of the molecule is C=[CH][Sn]([CH]=C)[CH2]CCC. The van der Waals surface area contributed by atoms with Crippen molar-refractivity contribution < 1.29 is 0 Å². The van der Waals surface area contributed by atoms with Gasteiger partial charge in [-0.15, -0.1) is 0 Å². The molecule has 0 aromatic heterocycles. The minimum absolute atomic E-state index is 1.19. The second-order valence-electron chi connectivity index (χ2n) is 2.09. The van der Waals surface area contributed by atoms with Gasteiger partial charge in [0.05, 0.1) is 0 Å². The third-order valence-corrected chi connectivity index (χ3v) is 6.99. The molecule has 0 rings (SSSR count). The molecule has 0 spiro atoms. The summed E-state index contributed by atoms with van der Waals surface area (Å²) in [5, 5.41) is 0. The van der Waals surface area contributed by atoms with Crippen LogP contribution in [-0.4, -0.2) is 19.8 Å². The van der Waals surface area contributed by atoms with Crippen molar-refractivity contribution in [2.24, 2.45) is 0 Å². The zero-order valence-corrected chi connectivity index (χ0v) is 9.04. The van der Waals surface area contributed by atoms with Gasteiger partial charge in [0.15, 0.2) is 0 Å². The van der Waals surface area contributed by atoms with Crippen molar-refractivity contribution in [3.05, 3.63) is 21.3 Å². The van der Waals surface area contributed by atoms with Crippen LogP contribution in [0.4, 0.5) is 0 Å². The normalized spacial score (nSPS) is 9.56. The summed E-state index contributed by atoms with van der Waals surface area (Å²) < 4.78 is 5.72. The van der Waals surface area contributed by atoms with Gasteiger partial charge in [0, 0.05) is 0 Å². The maximum atomic E-state index is 3.80. The van der Waals surface area contributed by atoms with Crippen LogP contribution in [0.1, 0.15) is 19.8 Å². The van der Waals surface area contributed by atoms with Gasteiger partial charge in [-0.05, 0) is 0 Å². The van der Waals surface area contributed by atoms with E-state index >= 15 is 0 Å². The molecule has 0 aromatic rings. The Balaban J connectivity index is 3.30. The molecule has 0 saturated carbocycles. The molecule has 0 aliphatic heterocycles. The van der Waals surface area contributed by atoms with Crippen LogP contribution >= 0.6 is 0 Å².